The molecular weight excluding hydrogens is 672 g/mol. The minimum absolute atomic E-state index is 0.0194. The molecule has 0 bridgehead atoms. The molecule has 0 aliphatic carbocycles. The predicted octanol–water partition coefficient (Wildman–Crippen LogP) is 13.2. The van der Waals surface area contributed by atoms with Gasteiger partial charge in [-0.25, -0.2) is 0 Å². The van der Waals surface area contributed by atoms with Gasteiger partial charge in [-0.15, -0.1) is 0 Å². The van der Waals surface area contributed by atoms with E-state index in [-0.39, 0.29) is 20.5 Å². The summed E-state index contributed by atoms with van der Waals surface area (Å²) in [7, 11) is 1.23. The zero-order valence-corrected chi connectivity index (χ0v) is 37.6. The molecule has 3 aromatic carbocycles. The molecule has 1 atom stereocenters. The van der Waals surface area contributed by atoms with Crippen LogP contribution in [0.4, 0.5) is 0 Å². The molecule has 0 saturated carbocycles. The van der Waals surface area contributed by atoms with Crippen LogP contribution in [0.15, 0.2) is 61.2 Å². The van der Waals surface area contributed by atoms with E-state index in [1.54, 1.807) is 0 Å². The van der Waals surface area contributed by atoms with E-state index in [9.17, 15) is 0 Å². The molecule has 49 heavy (non-hydrogen) atoms. The van der Waals surface area contributed by atoms with Crippen molar-refractivity contribution in [3.05, 3.63) is 100 Å². The van der Waals surface area contributed by atoms with Gasteiger partial charge in [0.15, 0.2) is 0 Å². The number of hydrogen-bond acceptors (Lipinski definition) is 1. The van der Waals surface area contributed by atoms with E-state index in [4.69, 9.17) is 3.76 Å². The van der Waals surface area contributed by atoms with Crippen LogP contribution < -0.4 is 9.70 Å². The molecule has 0 N–H and O–H groups in total. The molecule has 1 nitrogen and oxygen atoms in total. The predicted molar refractivity (Wildman–Crippen MR) is 226 cm³/mol. The summed E-state index contributed by atoms with van der Waals surface area (Å²) in [5, 5.41) is 1.44. The van der Waals surface area contributed by atoms with Crippen molar-refractivity contribution in [1.29, 1.82) is 0 Å². The van der Waals surface area contributed by atoms with E-state index in [1.807, 2.05) is 0 Å². The third kappa shape index (κ3) is 9.24. The third-order valence-electron chi connectivity index (χ3n) is 9.97. The topological polar surface area (TPSA) is 9.23 Å². The second-order valence-electron chi connectivity index (χ2n) is 19.3. The second kappa shape index (κ2) is 14.9. The van der Waals surface area contributed by atoms with Crippen LogP contribution in [0.2, 0.25) is 4.25 Å². The van der Waals surface area contributed by atoms with E-state index in [0.717, 1.165) is 11.3 Å². The van der Waals surface area contributed by atoms with Gasteiger partial charge in [-0.1, -0.05) is 0 Å². The number of rotatable bonds is 9. The van der Waals surface area contributed by atoms with E-state index in [1.165, 1.54) is 51.3 Å². The Kier molecular flexibility index (Phi) is 12.5. The zero-order valence-electron chi connectivity index (χ0n) is 34.6. The molecule has 3 rings (SSSR count). The van der Waals surface area contributed by atoms with Gasteiger partial charge in [0.1, 0.15) is 0 Å². The molecule has 0 amide bonds. The van der Waals surface area contributed by atoms with Crippen LogP contribution >= 0.6 is 8.20 Å². The second-order valence-corrected chi connectivity index (χ2v) is 29.6. The van der Waals surface area contributed by atoms with Gasteiger partial charge in [-0.05, 0) is 0 Å². The first-order valence-corrected chi connectivity index (χ1v) is 23.7. The molecule has 0 spiro atoms. The van der Waals surface area contributed by atoms with Crippen LogP contribution in [-0.4, -0.2) is 18.2 Å². The molecular formula is C46H69GeOP. The van der Waals surface area contributed by atoms with Crippen LogP contribution in [0.3, 0.4) is 0 Å². The van der Waals surface area contributed by atoms with Crippen molar-refractivity contribution in [1.82, 2.24) is 0 Å². The molecule has 0 radical (unpaired) electrons. The van der Waals surface area contributed by atoms with Gasteiger partial charge in [0.2, 0.25) is 0 Å². The van der Waals surface area contributed by atoms with Gasteiger partial charge >= 0.3 is 309 Å². The fourth-order valence-corrected chi connectivity index (χ4v) is 20.9. The summed E-state index contributed by atoms with van der Waals surface area (Å²) in [5.74, 6) is 1.96. The quantitative estimate of drug-likeness (QED) is 0.121. The Bertz CT molecular complexity index is 1580. The molecule has 268 valence electrons. The normalized spacial score (nSPS) is 14.6. The Hall–Kier alpha value is -2.09. The Balaban J connectivity index is 2.64. The van der Waals surface area contributed by atoms with Crippen LogP contribution in [0.5, 0.6) is 0 Å². The van der Waals surface area contributed by atoms with Crippen molar-refractivity contribution < 1.29 is 3.76 Å². The molecule has 3 heteroatoms. The molecule has 0 heterocycles. The fraction of sp³-hybridized carbons (Fsp3) is 0.543. The van der Waals surface area contributed by atoms with Gasteiger partial charge in [0, 0.05) is 0 Å². The SMILES string of the molecule is C=C([O][Ge]([CH]=Pc1c(C(C)(C)C)cc(C(C)(C)C)cc1C(C)(C)C)([c]1c(C(C)C)cc(C(C)C)cc1C(C)C)[C](C)(C)C)c1ccccc1. The average Bonchev–Trinajstić information content (AvgIpc) is 2.96. The number of benzene rings is 3. The first-order chi connectivity index (χ1) is 22.2. The Morgan fingerprint density at radius 3 is 1.45 bits per heavy atom. The summed E-state index contributed by atoms with van der Waals surface area (Å²) in [6.07, 6.45) is 0. The first-order valence-electron chi connectivity index (χ1n) is 18.6. The summed E-state index contributed by atoms with van der Waals surface area (Å²) in [5.41, 5.74) is 9.69. The van der Waals surface area contributed by atoms with Crippen molar-refractivity contribution in [2.75, 3.05) is 0 Å². The molecule has 0 aliphatic rings. The van der Waals surface area contributed by atoms with Gasteiger partial charge in [-0.3, -0.25) is 0 Å². The molecule has 1 unspecified atom stereocenters. The van der Waals surface area contributed by atoms with Crippen molar-refractivity contribution in [3.8, 4) is 0 Å². The first kappa shape index (κ1) is 41.3. The van der Waals surface area contributed by atoms with Crippen LogP contribution in [0.1, 0.15) is 181 Å². The van der Waals surface area contributed by atoms with Crippen molar-refractivity contribution in [2.24, 2.45) is 0 Å². The molecule has 3 aromatic rings. The minimum atomic E-state index is -3.81. The third-order valence-corrected chi connectivity index (χ3v) is 22.9. The summed E-state index contributed by atoms with van der Waals surface area (Å²) in [6.45, 7) is 47.4. The van der Waals surface area contributed by atoms with Crippen molar-refractivity contribution >= 4 is 41.9 Å². The van der Waals surface area contributed by atoms with E-state index >= 15 is 0 Å². The van der Waals surface area contributed by atoms with Gasteiger partial charge in [0.05, 0.1) is 0 Å². The summed E-state index contributed by atoms with van der Waals surface area (Å²) < 4.78 is 11.8. The Labute approximate surface area is 307 Å². The summed E-state index contributed by atoms with van der Waals surface area (Å²) in [6, 6.07) is 20.6. The summed E-state index contributed by atoms with van der Waals surface area (Å²) >= 11 is -3.81. The van der Waals surface area contributed by atoms with Crippen molar-refractivity contribution in [3.63, 3.8) is 0 Å². The molecule has 0 aromatic heterocycles. The fourth-order valence-electron chi connectivity index (χ4n) is 6.63. The summed E-state index contributed by atoms with van der Waals surface area (Å²) in [4.78, 5) is 0. The standard InChI is InChI=1S/C46H69GeOP/c1-30(2)35-25-37(31(3)4)41(38(26-35)32(5)6)47(46(17,18)19,48-33(7)34-23-21-20-22-24-34)29-49-42-39(44(11,12)13)27-36(43(8,9)10)28-40(42)45(14,15)16/h20-32H,7H2,1-6,8-19H3. The van der Waals surface area contributed by atoms with E-state index < -0.39 is 13.6 Å². The van der Waals surface area contributed by atoms with Crippen LogP contribution in [-0.2, 0) is 20.0 Å². The maximum absolute atomic E-state index is 7.74. The van der Waals surface area contributed by atoms with Gasteiger partial charge < -0.3 is 0 Å². The van der Waals surface area contributed by atoms with Crippen LogP contribution in [0.25, 0.3) is 5.76 Å². The average molecular weight is 742 g/mol. The number of hydrogen-bond donors (Lipinski definition) is 0. The Morgan fingerprint density at radius 2 is 1.10 bits per heavy atom. The van der Waals surface area contributed by atoms with Gasteiger partial charge in [-0.2, -0.15) is 0 Å². The van der Waals surface area contributed by atoms with Gasteiger partial charge in [0.25, 0.3) is 0 Å². The molecule has 0 aliphatic heterocycles. The van der Waals surface area contributed by atoms with E-state index in [0.29, 0.717) is 17.8 Å². The van der Waals surface area contributed by atoms with Crippen LogP contribution in [0, 0.1) is 0 Å². The Morgan fingerprint density at radius 1 is 0.653 bits per heavy atom. The monoisotopic (exact) mass is 742 g/mol. The molecule has 0 saturated heterocycles. The van der Waals surface area contributed by atoms with Crippen molar-refractivity contribution in [2.45, 2.75) is 163 Å². The maximum atomic E-state index is 7.74. The zero-order chi connectivity index (χ0) is 37.5. The molecule has 0 fully saturated rings. The van der Waals surface area contributed by atoms with E-state index in [2.05, 4.69) is 190 Å².